The Bertz CT molecular complexity index is 517. The van der Waals surface area contributed by atoms with Gasteiger partial charge < -0.3 is 10.2 Å². The van der Waals surface area contributed by atoms with Gasteiger partial charge in [-0.05, 0) is 31.9 Å². The SMILES string of the molecule is CCCN1CCC(Nc2cc(Cl)c(Cl)cc2[N+](=O)[O-])CC1. The zero-order valence-corrected chi connectivity index (χ0v) is 13.5. The molecule has 2 rings (SSSR count). The van der Waals surface area contributed by atoms with Crippen LogP contribution in [0.25, 0.3) is 0 Å². The molecule has 0 radical (unpaired) electrons. The fraction of sp³-hybridized carbons (Fsp3) is 0.571. The highest BCUT2D eigenvalue weighted by atomic mass is 35.5. The highest BCUT2D eigenvalue weighted by Gasteiger charge is 2.23. The van der Waals surface area contributed by atoms with Crippen LogP contribution >= 0.6 is 23.2 Å². The summed E-state index contributed by atoms with van der Waals surface area (Å²) < 4.78 is 0. The lowest BCUT2D eigenvalue weighted by molar-refractivity contribution is -0.384. The zero-order valence-electron chi connectivity index (χ0n) is 11.9. The second-order valence-electron chi connectivity index (χ2n) is 5.30. The number of hydrogen-bond acceptors (Lipinski definition) is 4. The molecule has 21 heavy (non-hydrogen) atoms. The first kappa shape index (κ1) is 16.3. The van der Waals surface area contributed by atoms with E-state index in [1.54, 1.807) is 6.07 Å². The van der Waals surface area contributed by atoms with Crippen molar-refractivity contribution in [2.45, 2.75) is 32.2 Å². The molecule has 0 unspecified atom stereocenters. The van der Waals surface area contributed by atoms with Crippen LogP contribution in [-0.2, 0) is 0 Å². The summed E-state index contributed by atoms with van der Waals surface area (Å²) in [7, 11) is 0. The molecule has 0 amide bonds. The van der Waals surface area contributed by atoms with Crippen LogP contribution in [-0.4, -0.2) is 35.5 Å². The third-order valence-electron chi connectivity index (χ3n) is 3.72. The minimum absolute atomic E-state index is 0.0274. The molecule has 1 aliphatic heterocycles. The van der Waals surface area contributed by atoms with E-state index in [1.165, 1.54) is 6.07 Å². The van der Waals surface area contributed by atoms with Crippen LogP contribution in [0.2, 0.25) is 10.0 Å². The van der Waals surface area contributed by atoms with Gasteiger partial charge in [0.05, 0.1) is 15.0 Å². The fourth-order valence-corrected chi connectivity index (χ4v) is 2.96. The van der Waals surface area contributed by atoms with E-state index in [0.717, 1.165) is 38.9 Å². The first-order valence-corrected chi connectivity index (χ1v) is 7.89. The standard InChI is InChI=1S/C14H19Cl2N3O2/c1-2-5-18-6-3-10(4-7-18)17-13-8-11(15)12(16)9-14(13)19(20)21/h8-10,17H,2-7H2,1H3. The van der Waals surface area contributed by atoms with Crippen LogP contribution < -0.4 is 5.32 Å². The van der Waals surface area contributed by atoms with Crippen LogP contribution in [0.1, 0.15) is 26.2 Å². The van der Waals surface area contributed by atoms with Gasteiger partial charge in [-0.3, -0.25) is 10.1 Å². The van der Waals surface area contributed by atoms with Gasteiger partial charge in [0, 0.05) is 25.2 Å². The van der Waals surface area contributed by atoms with E-state index in [2.05, 4.69) is 17.1 Å². The van der Waals surface area contributed by atoms with Gasteiger partial charge in [-0.15, -0.1) is 0 Å². The van der Waals surface area contributed by atoms with Crippen LogP contribution in [0.3, 0.4) is 0 Å². The molecule has 0 atom stereocenters. The van der Waals surface area contributed by atoms with Gasteiger partial charge in [0.1, 0.15) is 5.69 Å². The number of nitro benzene ring substituents is 1. The lowest BCUT2D eigenvalue weighted by Gasteiger charge is -2.32. The summed E-state index contributed by atoms with van der Waals surface area (Å²) in [5.41, 5.74) is 0.420. The van der Waals surface area contributed by atoms with E-state index >= 15 is 0 Å². The first-order valence-electron chi connectivity index (χ1n) is 7.13. The maximum Gasteiger partial charge on any atom is 0.293 e. The lowest BCUT2D eigenvalue weighted by Crippen LogP contribution is -2.39. The zero-order chi connectivity index (χ0) is 15.4. The van der Waals surface area contributed by atoms with Crippen LogP contribution in [0.4, 0.5) is 11.4 Å². The van der Waals surface area contributed by atoms with Gasteiger partial charge in [0.25, 0.3) is 5.69 Å². The molecule has 1 aliphatic rings. The largest absolute Gasteiger partial charge is 0.377 e. The van der Waals surface area contributed by atoms with E-state index in [1.807, 2.05) is 0 Å². The van der Waals surface area contributed by atoms with Crippen molar-refractivity contribution in [1.29, 1.82) is 0 Å². The number of piperidine rings is 1. The Morgan fingerprint density at radius 3 is 2.52 bits per heavy atom. The summed E-state index contributed by atoms with van der Waals surface area (Å²) in [6.45, 7) is 5.31. The summed E-state index contributed by atoms with van der Waals surface area (Å²) in [5, 5.41) is 14.9. The quantitative estimate of drug-likeness (QED) is 0.649. The number of halogens is 2. The van der Waals surface area contributed by atoms with Crippen molar-refractivity contribution in [1.82, 2.24) is 4.90 Å². The molecule has 1 aromatic carbocycles. The average molecular weight is 332 g/mol. The number of nitrogens with zero attached hydrogens (tertiary/aromatic N) is 2. The molecular formula is C14H19Cl2N3O2. The predicted octanol–water partition coefficient (Wildman–Crippen LogP) is 4.19. The molecule has 5 nitrogen and oxygen atoms in total. The number of hydrogen-bond donors (Lipinski definition) is 1. The summed E-state index contributed by atoms with van der Waals surface area (Å²) in [6.07, 6.45) is 3.09. The third-order valence-corrected chi connectivity index (χ3v) is 4.44. The first-order chi connectivity index (χ1) is 10.0. The molecule has 116 valence electrons. The molecule has 0 bridgehead atoms. The van der Waals surface area contributed by atoms with Crippen molar-refractivity contribution < 1.29 is 4.92 Å². The van der Waals surface area contributed by atoms with Crippen LogP contribution in [0, 0.1) is 10.1 Å². The summed E-state index contributed by atoms with van der Waals surface area (Å²) in [6, 6.07) is 3.08. The van der Waals surface area contributed by atoms with E-state index in [0.29, 0.717) is 10.7 Å². The molecule has 7 heteroatoms. The molecule has 1 heterocycles. The highest BCUT2D eigenvalue weighted by molar-refractivity contribution is 6.42. The van der Waals surface area contributed by atoms with Crippen molar-refractivity contribution in [2.24, 2.45) is 0 Å². The van der Waals surface area contributed by atoms with Gasteiger partial charge in [-0.25, -0.2) is 0 Å². The molecule has 0 aromatic heterocycles. The Balaban J connectivity index is 2.06. The number of nitrogens with one attached hydrogen (secondary N) is 1. The molecular weight excluding hydrogens is 313 g/mol. The second-order valence-corrected chi connectivity index (χ2v) is 6.12. The summed E-state index contributed by atoms with van der Waals surface area (Å²) >= 11 is 11.8. The van der Waals surface area contributed by atoms with Gasteiger partial charge in [-0.2, -0.15) is 0 Å². The third kappa shape index (κ3) is 4.22. The number of benzene rings is 1. The Kier molecular flexibility index (Phi) is 5.67. The minimum atomic E-state index is -0.434. The smallest absolute Gasteiger partial charge is 0.293 e. The Hall–Kier alpha value is -1.04. The van der Waals surface area contributed by atoms with E-state index in [-0.39, 0.29) is 16.8 Å². The second kappa shape index (κ2) is 7.29. The van der Waals surface area contributed by atoms with E-state index < -0.39 is 4.92 Å². The molecule has 0 spiro atoms. The Labute approximate surface area is 134 Å². The number of anilines is 1. The predicted molar refractivity (Wildman–Crippen MR) is 86.5 cm³/mol. The highest BCUT2D eigenvalue weighted by Crippen LogP contribution is 2.35. The van der Waals surface area contributed by atoms with Crippen LogP contribution in [0.5, 0.6) is 0 Å². The van der Waals surface area contributed by atoms with E-state index in [4.69, 9.17) is 23.2 Å². The Morgan fingerprint density at radius 1 is 1.33 bits per heavy atom. The maximum atomic E-state index is 11.1. The molecule has 1 N–H and O–H groups in total. The summed E-state index contributed by atoms with van der Waals surface area (Å²) in [5.74, 6) is 0. The van der Waals surface area contributed by atoms with Gasteiger partial charge >= 0.3 is 0 Å². The number of nitro groups is 1. The van der Waals surface area contributed by atoms with Gasteiger partial charge in [0.2, 0.25) is 0 Å². The van der Waals surface area contributed by atoms with Crippen molar-refractivity contribution in [2.75, 3.05) is 25.0 Å². The monoisotopic (exact) mass is 331 g/mol. The Morgan fingerprint density at radius 2 is 1.95 bits per heavy atom. The lowest BCUT2D eigenvalue weighted by atomic mass is 10.0. The average Bonchev–Trinajstić information content (AvgIpc) is 2.44. The molecule has 1 fully saturated rings. The van der Waals surface area contributed by atoms with Crippen molar-refractivity contribution in [3.8, 4) is 0 Å². The number of rotatable bonds is 5. The number of likely N-dealkylation sites (tertiary alicyclic amines) is 1. The van der Waals surface area contributed by atoms with Gasteiger partial charge in [-0.1, -0.05) is 30.1 Å². The molecule has 1 saturated heterocycles. The maximum absolute atomic E-state index is 11.1. The molecule has 0 aliphatic carbocycles. The minimum Gasteiger partial charge on any atom is -0.377 e. The summed E-state index contributed by atoms with van der Waals surface area (Å²) in [4.78, 5) is 13.1. The van der Waals surface area contributed by atoms with Crippen molar-refractivity contribution in [3.63, 3.8) is 0 Å². The molecule has 1 aromatic rings. The van der Waals surface area contributed by atoms with E-state index in [9.17, 15) is 10.1 Å². The van der Waals surface area contributed by atoms with Crippen LogP contribution in [0.15, 0.2) is 12.1 Å². The van der Waals surface area contributed by atoms with Crippen molar-refractivity contribution >= 4 is 34.6 Å². The fourth-order valence-electron chi connectivity index (χ4n) is 2.64. The molecule has 0 saturated carbocycles. The topological polar surface area (TPSA) is 58.4 Å². The van der Waals surface area contributed by atoms with Crippen molar-refractivity contribution in [3.05, 3.63) is 32.3 Å². The normalized spacial score (nSPS) is 16.9. The van der Waals surface area contributed by atoms with Gasteiger partial charge in [0.15, 0.2) is 0 Å².